The number of rotatable bonds is 5. The number of aromatic nitrogens is 1. The number of amides is 1. The summed E-state index contributed by atoms with van der Waals surface area (Å²) in [4.78, 5) is 20.7. The number of carbonyl (C=O) groups excluding carboxylic acids is 1. The molecule has 8 heteroatoms. The van der Waals surface area contributed by atoms with Crippen molar-refractivity contribution < 1.29 is 13.6 Å². The van der Waals surface area contributed by atoms with Gasteiger partial charge in [0.15, 0.2) is 5.13 Å². The Bertz CT molecular complexity index is 961. The molecule has 1 amide bonds. The maximum Gasteiger partial charge on any atom is 0.261 e. The van der Waals surface area contributed by atoms with Crippen molar-refractivity contribution in [3.8, 4) is 0 Å². The molecule has 136 valence electrons. The van der Waals surface area contributed by atoms with E-state index in [0.717, 1.165) is 6.07 Å². The van der Waals surface area contributed by atoms with E-state index in [1.807, 2.05) is 19.0 Å². The van der Waals surface area contributed by atoms with Crippen LogP contribution in [0, 0.1) is 11.6 Å². The molecule has 0 saturated heterocycles. The minimum absolute atomic E-state index is 0.0251. The maximum atomic E-state index is 14.0. The second-order valence-electron chi connectivity index (χ2n) is 5.97. The van der Waals surface area contributed by atoms with Crippen LogP contribution in [0.2, 0.25) is 5.02 Å². The summed E-state index contributed by atoms with van der Waals surface area (Å²) < 4.78 is 27.9. The van der Waals surface area contributed by atoms with Crippen LogP contribution in [-0.4, -0.2) is 43.0 Å². The Kier molecular flexibility index (Phi) is 5.50. The quantitative estimate of drug-likeness (QED) is 0.641. The molecule has 0 atom stereocenters. The van der Waals surface area contributed by atoms with Crippen LogP contribution >= 0.6 is 22.9 Å². The second kappa shape index (κ2) is 7.65. The lowest BCUT2D eigenvalue weighted by molar-refractivity contribution is 0.0985. The SMILES string of the molecule is CN(C)CCN(C(=O)c1ccc(F)cc1Cl)c1nc2c(F)cccc2s1. The van der Waals surface area contributed by atoms with Gasteiger partial charge in [-0.05, 0) is 44.4 Å². The number of halogens is 3. The summed E-state index contributed by atoms with van der Waals surface area (Å²) >= 11 is 7.27. The predicted molar refractivity (Wildman–Crippen MR) is 101 cm³/mol. The van der Waals surface area contributed by atoms with E-state index in [2.05, 4.69) is 4.98 Å². The first-order chi connectivity index (χ1) is 12.4. The van der Waals surface area contributed by atoms with Gasteiger partial charge in [-0.25, -0.2) is 13.8 Å². The summed E-state index contributed by atoms with van der Waals surface area (Å²) in [5.41, 5.74) is 0.395. The Morgan fingerprint density at radius 2 is 1.96 bits per heavy atom. The summed E-state index contributed by atoms with van der Waals surface area (Å²) in [6.07, 6.45) is 0. The average Bonchev–Trinajstić information content (AvgIpc) is 3.00. The molecule has 0 N–H and O–H groups in total. The Labute approximate surface area is 158 Å². The van der Waals surface area contributed by atoms with Crippen LogP contribution in [0.15, 0.2) is 36.4 Å². The van der Waals surface area contributed by atoms with Gasteiger partial charge < -0.3 is 4.90 Å². The zero-order chi connectivity index (χ0) is 18.8. The Hall–Kier alpha value is -2.09. The molecule has 0 spiro atoms. The summed E-state index contributed by atoms with van der Waals surface area (Å²) in [5, 5.41) is 0.398. The third kappa shape index (κ3) is 3.85. The molecule has 2 aromatic carbocycles. The highest BCUT2D eigenvalue weighted by Crippen LogP contribution is 2.32. The summed E-state index contributed by atoms with van der Waals surface area (Å²) in [6, 6.07) is 8.30. The molecular weight excluding hydrogens is 380 g/mol. The van der Waals surface area contributed by atoms with Crippen molar-refractivity contribution in [1.29, 1.82) is 0 Å². The largest absolute Gasteiger partial charge is 0.308 e. The first kappa shape index (κ1) is 18.7. The van der Waals surface area contributed by atoms with E-state index in [1.165, 1.54) is 34.4 Å². The molecule has 0 unspecified atom stereocenters. The fraction of sp³-hybridized carbons (Fsp3) is 0.222. The standard InChI is InChI=1S/C18H16ClF2N3OS/c1-23(2)8-9-24(17(25)12-7-6-11(20)10-13(12)19)18-22-16-14(21)4-3-5-15(16)26-18/h3-7,10H,8-9H2,1-2H3. The zero-order valence-corrected chi connectivity index (χ0v) is 15.7. The highest BCUT2D eigenvalue weighted by atomic mass is 35.5. The normalized spacial score (nSPS) is 11.3. The van der Waals surface area contributed by atoms with Crippen molar-refractivity contribution in [2.24, 2.45) is 0 Å². The molecule has 0 bridgehead atoms. The first-order valence-corrected chi connectivity index (χ1v) is 9.03. The van der Waals surface area contributed by atoms with E-state index < -0.39 is 17.5 Å². The summed E-state index contributed by atoms with van der Waals surface area (Å²) in [5.74, 6) is -1.37. The minimum atomic E-state index is -0.520. The molecule has 0 aliphatic carbocycles. The van der Waals surface area contributed by atoms with E-state index >= 15 is 0 Å². The smallest absolute Gasteiger partial charge is 0.261 e. The van der Waals surface area contributed by atoms with Gasteiger partial charge >= 0.3 is 0 Å². The lowest BCUT2D eigenvalue weighted by Crippen LogP contribution is -2.36. The molecule has 0 radical (unpaired) electrons. The van der Waals surface area contributed by atoms with Crippen LogP contribution in [0.4, 0.5) is 13.9 Å². The van der Waals surface area contributed by atoms with Gasteiger partial charge in [0.1, 0.15) is 17.2 Å². The molecule has 26 heavy (non-hydrogen) atoms. The van der Waals surface area contributed by atoms with Gasteiger partial charge in [-0.15, -0.1) is 0 Å². The number of nitrogens with zero attached hydrogens (tertiary/aromatic N) is 3. The van der Waals surface area contributed by atoms with Crippen LogP contribution in [-0.2, 0) is 0 Å². The highest BCUT2D eigenvalue weighted by Gasteiger charge is 2.24. The van der Waals surface area contributed by atoms with Gasteiger partial charge in [-0.1, -0.05) is 29.0 Å². The number of benzene rings is 2. The number of hydrogen-bond acceptors (Lipinski definition) is 4. The van der Waals surface area contributed by atoms with Crippen LogP contribution in [0.5, 0.6) is 0 Å². The van der Waals surface area contributed by atoms with Crippen molar-refractivity contribution in [2.75, 3.05) is 32.1 Å². The third-order valence-corrected chi connectivity index (χ3v) is 5.12. The topological polar surface area (TPSA) is 36.4 Å². The molecule has 3 aromatic rings. The number of carbonyl (C=O) groups is 1. The molecular formula is C18H16ClF2N3OS. The van der Waals surface area contributed by atoms with E-state index in [4.69, 9.17) is 11.6 Å². The molecule has 0 aliphatic heterocycles. The number of likely N-dealkylation sites (N-methyl/N-ethyl adjacent to an activating group) is 1. The van der Waals surface area contributed by atoms with Gasteiger partial charge in [-0.2, -0.15) is 0 Å². The number of fused-ring (bicyclic) bond motifs is 1. The fourth-order valence-electron chi connectivity index (χ4n) is 2.41. The summed E-state index contributed by atoms with van der Waals surface area (Å²) in [7, 11) is 3.76. The van der Waals surface area contributed by atoms with Crippen LogP contribution in [0.25, 0.3) is 10.2 Å². The van der Waals surface area contributed by atoms with Crippen LogP contribution in [0.3, 0.4) is 0 Å². The minimum Gasteiger partial charge on any atom is -0.308 e. The number of para-hydroxylation sites is 1. The zero-order valence-electron chi connectivity index (χ0n) is 14.2. The van der Waals surface area contributed by atoms with Crippen molar-refractivity contribution in [1.82, 2.24) is 9.88 Å². The Morgan fingerprint density at radius 3 is 2.62 bits per heavy atom. The number of hydrogen-bond donors (Lipinski definition) is 0. The summed E-state index contributed by atoms with van der Waals surface area (Å²) in [6.45, 7) is 0.907. The van der Waals surface area contributed by atoms with E-state index in [0.29, 0.717) is 22.9 Å². The maximum absolute atomic E-state index is 14.0. The molecule has 1 aromatic heterocycles. The molecule has 0 fully saturated rings. The number of thiazole rings is 1. The molecule has 0 aliphatic rings. The van der Waals surface area contributed by atoms with Gasteiger partial charge in [-0.3, -0.25) is 9.69 Å². The van der Waals surface area contributed by atoms with Gasteiger partial charge in [0.25, 0.3) is 5.91 Å². The Balaban J connectivity index is 2.03. The van der Waals surface area contributed by atoms with Gasteiger partial charge in [0, 0.05) is 13.1 Å². The molecule has 0 saturated carbocycles. The van der Waals surface area contributed by atoms with Crippen LogP contribution in [0.1, 0.15) is 10.4 Å². The number of anilines is 1. The van der Waals surface area contributed by atoms with Crippen molar-refractivity contribution >= 4 is 44.2 Å². The van der Waals surface area contributed by atoms with E-state index in [-0.39, 0.29) is 16.1 Å². The monoisotopic (exact) mass is 395 g/mol. The second-order valence-corrected chi connectivity index (χ2v) is 7.38. The van der Waals surface area contributed by atoms with E-state index in [9.17, 15) is 13.6 Å². The fourth-order valence-corrected chi connectivity index (χ4v) is 3.66. The predicted octanol–water partition coefficient (Wildman–Crippen LogP) is 4.44. The lowest BCUT2D eigenvalue weighted by Gasteiger charge is -2.22. The van der Waals surface area contributed by atoms with Crippen molar-refractivity contribution in [2.45, 2.75) is 0 Å². The highest BCUT2D eigenvalue weighted by molar-refractivity contribution is 7.22. The van der Waals surface area contributed by atoms with Crippen LogP contribution < -0.4 is 4.90 Å². The van der Waals surface area contributed by atoms with Crippen molar-refractivity contribution in [3.63, 3.8) is 0 Å². The molecule has 3 rings (SSSR count). The molecule has 4 nitrogen and oxygen atoms in total. The van der Waals surface area contributed by atoms with Gasteiger partial charge in [0.05, 0.1) is 15.3 Å². The van der Waals surface area contributed by atoms with E-state index in [1.54, 1.807) is 12.1 Å². The average molecular weight is 396 g/mol. The third-order valence-electron chi connectivity index (χ3n) is 3.77. The Morgan fingerprint density at radius 1 is 1.19 bits per heavy atom. The molecule has 1 heterocycles. The lowest BCUT2D eigenvalue weighted by atomic mass is 10.2. The van der Waals surface area contributed by atoms with Crippen molar-refractivity contribution in [3.05, 3.63) is 58.6 Å². The van der Waals surface area contributed by atoms with Gasteiger partial charge in [0.2, 0.25) is 0 Å². The first-order valence-electron chi connectivity index (χ1n) is 7.83.